The number of halogens is 1. The van der Waals surface area contributed by atoms with Gasteiger partial charge >= 0.3 is 0 Å². The summed E-state index contributed by atoms with van der Waals surface area (Å²) in [6.45, 7) is 0.361. The van der Waals surface area contributed by atoms with Crippen molar-refractivity contribution in [1.82, 2.24) is 15.0 Å². The highest BCUT2D eigenvalue weighted by atomic mass is 35.5. The Hall–Kier alpha value is -2.86. The molecule has 0 atom stereocenters. The van der Waals surface area contributed by atoms with E-state index in [2.05, 4.69) is 15.5 Å². The first-order chi connectivity index (χ1) is 12.0. The van der Waals surface area contributed by atoms with Gasteiger partial charge in [0.1, 0.15) is 0 Å². The Morgan fingerprint density at radius 1 is 1.20 bits per heavy atom. The average Bonchev–Trinajstić information content (AvgIpc) is 3.09. The van der Waals surface area contributed by atoms with E-state index in [1.165, 1.54) is 4.90 Å². The smallest absolute Gasteiger partial charge is 0.253 e. The van der Waals surface area contributed by atoms with E-state index in [9.17, 15) is 4.79 Å². The zero-order chi connectivity index (χ0) is 17.8. The third-order valence-electron chi connectivity index (χ3n) is 3.53. The molecule has 0 aliphatic rings. The van der Waals surface area contributed by atoms with E-state index >= 15 is 0 Å². The van der Waals surface area contributed by atoms with Crippen LogP contribution in [0, 0.1) is 0 Å². The van der Waals surface area contributed by atoms with Gasteiger partial charge in [-0.3, -0.25) is 4.79 Å². The quantitative estimate of drug-likeness (QED) is 0.754. The first-order valence-electron chi connectivity index (χ1n) is 7.67. The molecule has 6 nitrogen and oxygen atoms in total. The maximum Gasteiger partial charge on any atom is 0.253 e. The molecule has 1 N–H and O–H groups in total. The van der Waals surface area contributed by atoms with Gasteiger partial charge in [-0.15, -0.1) is 0 Å². The van der Waals surface area contributed by atoms with Gasteiger partial charge in [-0.05, 0) is 42.5 Å². The fourth-order valence-electron chi connectivity index (χ4n) is 2.24. The second-order valence-electron chi connectivity index (χ2n) is 5.65. The third kappa shape index (κ3) is 4.16. The van der Waals surface area contributed by atoms with E-state index in [-0.39, 0.29) is 5.91 Å². The van der Waals surface area contributed by atoms with E-state index in [0.29, 0.717) is 28.8 Å². The minimum absolute atomic E-state index is 0.0496. The summed E-state index contributed by atoms with van der Waals surface area (Å²) in [5.41, 5.74) is 2.25. The molecule has 0 unspecified atom stereocenters. The number of nitrogens with one attached hydrogen (secondary N) is 1. The summed E-state index contributed by atoms with van der Waals surface area (Å²) in [6, 6.07) is 14.5. The van der Waals surface area contributed by atoms with Crippen LogP contribution in [0.4, 0.5) is 5.69 Å². The van der Waals surface area contributed by atoms with Crippen LogP contribution in [-0.2, 0) is 6.54 Å². The highest BCUT2D eigenvalue weighted by Crippen LogP contribution is 2.19. The highest BCUT2D eigenvalue weighted by molar-refractivity contribution is 6.30. The molecule has 3 rings (SSSR count). The largest absolute Gasteiger partial charge is 0.376 e. The first-order valence-corrected chi connectivity index (χ1v) is 8.05. The number of hydrogen-bond acceptors (Lipinski definition) is 5. The SMILES string of the molecule is CN(C)C(=O)c1cccc(NCc2nc(-c3ccc(Cl)cc3)no2)c1. The number of amides is 1. The summed E-state index contributed by atoms with van der Waals surface area (Å²) in [7, 11) is 3.44. The number of benzene rings is 2. The lowest BCUT2D eigenvalue weighted by atomic mass is 10.2. The van der Waals surface area contributed by atoms with Gasteiger partial charge in [0.25, 0.3) is 5.91 Å². The minimum Gasteiger partial charge on any atom is -0.376 e. The zero-order valence-corrected chi connectivity index (χ0v) is 14.6. The molecule has 0 saturated carbocycles. The third-order valence-corrected chi connectivity index (χ3v) is 3.78. The van der Waals surface area contributed by atoms with E-state index in [1.807, 2.05) is 24.3 Å². The van der Waals surface area contributed by atoms with Gasteiger partial charge in [0.2, 0.25) is 11.7 Å². The van der Waals surface area contributed by atoms with Crippen LogP contribution in [0.1, 0.15) is 16.2 Å². The summed E-state index contributed by atoms with van der Waals surface area (Å²) < 4.78 is 5.26. The lowest BCUT2D eigenvalue weighted by molar-refractivity contribution is 0.0827. The van der Waals surface area contributed by atoms with Crippen LogP contribution in [0.15, 0.2) is 53.1 Å². The molecular formula is C18H17ClN4O2. The van der Waals surface area contributed by atoms with Crippen molar-refractivity contribution in [3.8, 4) is 11.4 Å². The molecule has 0 saturated heterocycles. The molecule has 2 aromatic carbocycles. The summed E-state index contributed by atoms with van der Waals surface area (Å²) in [5.74, 6) is 0.908. The van der Waals surface area contributed by atoms with E-state index in [0.717, 1.165) is 11.3 Å². The molecule has 1 aromatic heterocycles. The summed E-state index contributed by atoms with van der Waals surface area (Å²) in [5, 5.41) is 7.80. The van der Waals surface area contributed by atoms with Crippen LogP contribution in [0.2, 0.25) is 5.02 Å². The van der Waals surface area contributed by atoms with Crippen molar-refractivity contribution in [2.75, 3.05) is 19.4 Å². The Kier molecular flexibility index (Phi) is 5.00. The maximum atomic E-state index is 12.0. The molecule has 25 heavy (non-hydrogen) atoms. The van der Waals surface area contributed by atoms with Crippen LogP contribution in [0.25, 0.3) is 11.4 Å². The van der Waals surface area contributed by atoms with Crippen LogP contribution in [0.3, 0.4) is 0 Å². The Morgan fingerprint density at radius 2 is 1.96 bits per heavy atom. The molecular weight excluding hydrogens is 340 g/mol. The molecule has 128 valence electrons. The van der Waals surface area contributed by atoms with E-state index in [4.69, 9.17) is 16.1 Å². The van der Waals surface area contributed by atoms with Gasteiger partial charge in [-0.2, -0.15) is 4.98 Å². The fourth-order valence-corrected chi connectivity index (χ4v) is 2.37. The number of nitrogens with zero attached hydrogens (tertiary/aromatic N) is 3. The lowest BCUT2D eigenvalue weighted by Gasteiger charge is -2.11. The monoisotopic (exact) mass is 356 g/mol. The summed E-state index contributed by atoms with van der Waals surface area (Å²) in [6.07, 6.45) is 0. The van der Waals surface area contributed by atoms with Crippen LogP contribution in [0.5, 0.6) is 0 Å². The molecule has 3 aromatic rings. The predicted octanol–water partition coefficient (Wildman–Crippen LogP) is 3.70. The number of carbonyl (C=O) groups excluding carboxylic acids is 1. The van der Waals surface area contributed by atoms with Crippen molar-refractivity contribution in [3.05, 3.63) is 65.0 Å². The number of carbonyl (C=O) groups is 1. The average molecular weight is 357 g/mol. The zero-order valence-electron chi connectivity index (χ0n) is 13.9. The summed E-state index contributed by atoms with van der Waals surface area (Å²) >= 11 is 5.88. The van der Waals surface area contributed by atoms with Crippen LogP contribution >= 0.6 is 11.6 Å². The first kappa shape index (κ1) is 17.0. The Morgan fingerprint density at radius 3 is 2.68 bits per heavy atom. The van der Waals surface area contributed by atoms with Crippen molar-refractivity contribution in [1.29, 1.82) is 0 Å². The minimum atomic E-state index is -0.0496. The van der Waals surface area contributed by atoms with Crippen molar-refractivity contribution in [2.45, 2.75) is 6.54 Å². The second kappa shape index (κ2) is 7.36. The molecule has 7 heteroatoms. The Balaban J connectivity index is 1.67. The van der Waals surface area contributed by atoms with Crippen molar-refractivity contribution in [3.63, 3.8) is 0 Å². The summed E-state index contributed by atoms with van der Waals surface area (Å²) in [4.78, 5) is 17.9. The van der Waals surface area contributed by atoms with Crippen LogP contribution < -0.4 is 5.32 Å². The number of anilines is 1. The van der Waals surface area contributed by atoms with E-state index in [1.54, 1.807) is 38.4 Å². The van der Waals surface area contributed by atoms with Gasteiger partial charge in [0.15, 0.2) is 0 Å². The molecule has 1 heterocycles. The maximum absolute atomic E-state index is 12.0. The van der Waals surface area contributed by atoms with E-state index < -0.39 is 0 Å². The standard InChI is InChI=1S/C18H17ClN4O2/c1-23(2)18(24)13-4-3-5-15(10-13)20-11-16-21-17(22-25-16)12-6-8-14(19)9-7-12/h3-10,20H,11H2,1-2H3. The van der Waals surface area contributed by atoms with Gasteiger partial charge in [-0.1, -0.05) is 22.8 Å². The van der Waals surface area contributed by atoms with Gasteiger partial charge < -0.3 is 14.7 Å². The van der Waals surface area contributed by atoms with Gasteiger partial charge in [-0.25, -0.2) is 0 Å². The lowest BCUT2D eigenvalue weighted by Crippen LogP contribution is -2.21. The highest BCUT2D eigenvalue weighted by Gasteiger charge is 2.10. The van der Waals surface area contributed by atoms with Crippen molar-refractivity contribution >= 4 is 23.2 Å². The normalized spacial score (nSPS) is 10.5. The van der Waals surface area contributed by atoms with Crippen LogP contribution in [-0.4, -0.2) is 35.0 Å². The predicted molar refractivity (Wildman–Crippen MR) is 96.5 cm³/mol. The van der Waals surface area contributed by atoms with Gasteiger partial charge in [0.05, 0.1) is 6.54 Å². The molecule has 0 bridgehead atoms. The number of rotatable bonds is 5. The Labute approximate surface area is 150 Å². The van der Waals surface area contributed by atoms with Crippen molar-refractivity contribution in [2.24, 2.45) is 0 Å². The van der Waals surface area contributed by atoms with Gasteiger partial charge in [0, 0.05) is 35.9 Å². The molecule has 0 spiro atoms. The molecule has 0 aliphatic carbocycles. The number of hydrogen-bond donors (Lipinski definition) is 1. The molecule has 0 aliphatic heterocycles. The van der Waals surface area contributed by atoms with Crippen molar-refractivity contribution < 1.29 is 9.32 Å². The second-order valence-corrected chi connectivity index (χ2v) is 6.09. The fraction of sp³-hybridized carbons (Fsp3) is 0.167. The Bertz CT molecular complexity index is 875. The molecule has 0 radical (unpaired) electrons. The molecule has 0 fully saturated rings. The number of aromatic nitrogens is 2. The topological polar surface area (TPSA) is 71.3 Å². The molecule has 1 amide bonds.